The molecular formula is C14H23N2O2PS. The van der Waals surface area contributed by atoms with Crippen LogP contribution in [-0.2, 0) is 18.2 Å². The molecule has 0 N–H and O–H groups in total. The summed E-state index contributed by atoms with van der Waals surface area (Å²) < 4.78 is 16.2. The van der Waals surface area contributed by atoms with Gasteiger partial charge in [0.1, 0.15) is 5.60 Å². The topological polar surface area (TPSA) is 24.9 Å². The lowest BCUT2D eigenvalue weighted by molar-refractivity contribution is 0.136. The normalized spacial score (nSPS) is 17.2. The molecule has 1 heterocycles. The largest absolute Gasteiger partial charge is 0.483 e. The average molecular weight is 314 g/mol. The average Bonchev–Trinajstić information content (AvgIpc) is 2.63. The molecule has 0 bridgehead atoms. The first kappa shape index (κ1) is 15.8. The maximum Gasteiger partial charge on any atom is 0.252 e. The van der Waals surface area contributed by atoms with Gasteiger partial charge in [0.05, 0.1) is 0 Å². The minimum absolute atomic E-state index is 0.180. The van der Waals surface area contributed by atoms with Crippen molar-refractivity contribution in [3.63, 3.8) is 0 Å². The van der Waals surface area contributed by atoms with E-state index in [1.165, 1.54) is 5.56 Å². The van der Waals surface area contributed by atoms with E-state index in [0.717, 1.165) is 17.9 Å². The fourth-order valence-electron chi connectivity index (χ4n) is 2.31. The van der Waals surface area contributed by atoms with E-state index in [1.807, 2.05) is 49.7 Å². The van der Waals surface area contributed by atoms with Crippen molar-refractivity contribution >= 4 is 18.4 Å². The molecule has 112 valence electrons. The Balaban J connectivity index is 2.38. The Morgan fingerprint density at radius 3 is 2.35 bits per heavy atom. The van der Waals surface area contributed by atoms with Crippen molar-refractivity contribution in [1.82, 2.24) is 9.34 Å². The molecule has 1 aromatic rings. The monoisotopic (exact) mass is 314 g/mol. The van der Waals surface area contributed by atoms with Gasteiger partial charge in [-0.25, -0.2) is 9.34 Å². The van der Waals surface area contributed by atoms with Crippen LogP contribution in [0.5, 0.6) is 11.5 Å². The molecule has 0 amide bonds. The third kappa shape index (κ3) is 2.86. The zero-order chi connectivity index (χ0) is 15.1. The van der Waals surface area contributed by atoms with Crippen molar-refractivity contribution in [1.29, 1.82) is 0 Å². The van der Waals surface area contributed by atoms with Crippen LogP contribution in [0.3, 0.4) is 0 Å². The molecule has 0 fully saturated rings. The van der Waals surface area contributed by atoms with Crippen LogP contribution in [-0.4, -0.2) is 43.1 Å². The van der Waals surface area contributed by atoms with Gasteiger partial charge in [0.2, 0.25) is 0 Å². The Hall–Kier alpha value is -0.610. The van der Waals surface area contributed by atoms with Gasteiger partial charge in [-0.2, -0.15) is 0 Å². The van der Waals surface area contributed by atoms with Crippen LogP contribution < -0.4 is 9.26 Å². The standard InChI is InChI=1S/C14H23N2O2PS/c1-14(2)10-11-8-7-9-12(13(11)17-14)18-19(20,15(3)4)16(5)6/h7-9H,10H2,1-6H3. The third-order valence-corrected chi connectivity index (χ3v) is 7.92. The summed E-state index contributed by atoms with van der Waals surface area (Å²) >= 11 is 5.75. The first-order valence-electron chi connectivity index (χ1n) is 6.62. The summed E-state index contributed by atoms with van der Waals surface area (Å²) in [5.74, 6) is 1.59. The molecule has 0 radical (unpaired) electrons. The Kier molecular flexibility index (Phi) is 4.18. The van der Waals surface area contributed by atoms with Crippen molar-refractivity contribution in [2.75, 3.05) is 28.2 Å². The summed E-state index contributed by atoms with van der Waals surface area (Å²) in [5, 5.41) is 0. The van der Waals surface area contributed by atoms with Gasteiger partial charge in [-0.3, -0.25) is 0 Å². The molecule has 0 saturated carbocycles. The van der Waals surface area contributed by atoms with Crippen LogP contribution in [0.1, 0.15) is 19.4 Å². The lowest BCUT2D eigenvalue weighted by Gasteiger charge is -2.34. The highest BCUT2D eigenvalue weighted by molar-refractivity contribution is 8.10. The number of fused-ring (bicyclic) bond motifs is 1. The van der Waals surface area contributed by atoms with E-state index in [0.29, 0.717) is 0 Å². The summed E-state index contributed by atoms with van der Waals surface area (Å²) in [5.41, 5.74) is 1.01. The first-order chi connectivity index (χ1) is 9.16. The van der Waals surface area contributed by atoms with E-state index < -0.39 is 6.57 Å². The number of ether oxygens (including phenoxy) is 1. The SMILES string of the molecule is CN(C)P(=S)(Oc1cccc2c1OC(C)(C)C2)N(C)C. The number of hydrogen-bond acceptors (Lipinski definition) is 3. The van der Waals surface area contributed by atoms with Crippen LogP contribution in [0, 0.1) is 0 Å². The molecule has 1 aliphatic rings. The van der Waals surface area contributed by atoms with Crippen molar-refractivity contribution in [2.45, 2.75) is 25.9 Å². The molecule has 0 saturated heterocycles. The van der Waals surface area contributed by atoms with Crippen LogP contribution in [0.2, 0.25) is 0 Å². The fourth-order valence-corrected chi connectivity index (χ4v) is 3.99. The zero-order valence-corrected chi connectivity index (χ0v) is 14.7. The molecule has 0 spiro atoms. The van der Waals surface area contributed by atoms with Gasteiger partial charge in [0.15, 0.2) is 11.5 Å². The molecule has 20 heavy (non-hydrogen) atoms. The quantitative estimate of drug-likeness (QED) is 0.795. The van der Waals surface area contributed by atoms with Crippen LogP contribution in [0.4, 0.5) is 0 Å². The summed E-state index contributed by atoms with van der Waals surface area (Å²) in [6, 6.07) is 6.03. The van der Waals surface area contributed by atoms with E-state index in [2.05, 4.69) is 19.9 Å². The Morgan fingerprint density at radius 1 is 1.20 bits per heavy atom. The molecule has 1 aromatic carbocycles. The van der Waals surface area contributed by atoms with E-state index in [4.69, 9.17) is 21.1 Å². The molecule has 1 aliphatic heterocycles. The van der Waals surface area contributed by atoms with Crippen LogP contribution in [0.25, 0.3) is 0 Å². The number of rotatable bonds is 4. The molecule has 0 atom stereocenters. The molecule has 6 heteroatoms. The Bertz CT molecular complexity index is 546. The van der Waals surface area contributed by atoms with E-state index >= 15 is 0 Å². The van der Waals surface area contributed by atoms with Crippen LogP contribution >= 0.6 is 6.57 Å². The number of hydrogen-bond donors (Lipinski definition) is 0. The van der Waals surface area contributed by atoms with Crippen LogP contribution in [0.15, 0.2) is 18.2 Å². The first-order valence-corrected chi connectivity index (χ1v) is 9.24. The second-order valence-corrected chi connectivity index (χ2v) is 10.2. The van der Waals surface area contributed by atoms with E-state index in [-0.39, 0.29) is 5.60 Å². The number of benzene rings is 1. The van der Waals surface area contributed by atoms with Gasteiger partial charge >= 0.3 is 0 Å². The summed E-state index contributed by atoms with van der Waals surface area (Å²) in [6.07, 6.45) is 0.895. The molecule has 0 aromatic heterocycles. The highest BCUT2D eigenvalue weighted by atomic mass is 32.5. The minimum Gasteiger partial charge on any atom is -0.483 e. The van der Waals surface area contributed by atoms with E-state index in [9.17, 15) is 0 Å². The van der Waals surface area contributed by atoms with Gasteiger partial charge in [0, 0.05) is 12.0 Å². The van der Waals surface area contributed by atoms with Gasteiger partial charge in [-0.1, -0.05) is 12.1 Å². The third-order valence-electron chi connectivity index (χ3n) is 3.28. The summed E-state index contributed by atoms with van der Waals surface area (Å²) in [4.78, 5) is 0. The second kappa shape index (κ2) is 5.30. The van der Waals surface area contributed by atoms with Crippen molar-refractivity contribution in [3.05, 3.63) is 23.8 Å². The predicted octanol–water partition coefficient (Wildman–Crippen LogP) is 3.13. The highest BCUT2D eigenvalue weighted by Crippen LogP contribution is 2.54. The Morgan fingerprint density at radius 2 is 1.80 bits per heavy atom. The maximum atomic E-state index is 6.21. The number of nitrogens with zero attached hydrogens (tertiary/aromatic N) is 2. The van der Waals surface area contributed by atoms with Gasteiger partial charge in [-0.05, 0) is 59.9 Å². The van der Waals surface area contributed by atoms with Crippen molar-refractivity contribution in [2.24, 2.45) is 0 Å². The number of para-hydroxylation sites is 1. The fraction of sp³-hybridized carbons (Fsp3) is 0.571. The van der Waals surface area contributed by atoms with Gasteiger partial charge < -0.3 is 9.26 Å². The van der Waals surface area contributed by atoms with Gasteiger partial charge in [0.25, 0.3) is 6.57 Å². The van der Waals surface area contributed by atoms with E-state index in [1.54, 1.807) is 0 Å². The molecule has 0 aliphatic carbocycles. The lowest BCUT2D eigenvalue weighted by atomic mass is 10.0. The van der Waals surface area contributed by atoms with Crippen molar-refractivity contribution < 1.29 is 9.26 Å². The van der Waals surface area contributed by atoms with Crippen molar-refractivity contribution in [3.8, 4) is 11.5 Å². The predicted molar refractivity (Wildman–Crippen MR) is 87.1 cm³/mol. The highest BCUT2D eigenvalue weighted by Gasteiger charge is 2.34. The second-order valence-electron chi connectivity index (χ2n) is 6.06. The summed E-state index contributed by atoms with van der Waals surface area (Å²) in [6.45, 7) is 1.94. The Labute approximate surface area is 126 Å². The zero-order valence-electron chi connectivity index (χ0n) is 13.0. The molecule has 0 unspecified atom stereocenters. The van der Waals surface area contributed by atoms with Gasteiger partial charge in [-0.15, -0.1) is 0 Å². The molecule has 4 nitrogen and oxygen atoms in total. The smallest absolute Gasteiger partial charge is 0.252 e. The minimum atomic E-state index is -2.24. The molecular weight excluding hydrogens is 291 g/mol. The lowest BCUT2D eigenvalue weighted by Crippen LogP contribution is -2.25. The summed E-state index contributed by atoms with van der Waals surface area (Å²) in [7, 11) is 7.81. The maximum absolute atomic E-state index is 6.21. The molecule has 2 rings (SSSR count).